The third-order valence-electron chi connectivity index (χ3n) is 3.57. The van der Waals surface area contributed by atoms with Gasteiger partial charge in [0, 0.05) is 32.1 Å². The quantitative estimate of drug-likeness (QED) is 0.584. The van der Waals surface area contributed by atoms with Gasteiger partial charge in [-0.25, -0.2) is 4.98 Å². The molecule has 7 heteroatoms. The van der Waals surface area contributed by atoms with Crippen LogP contribution in [0.2, 0.25) is 0 Å². The van der Waals surface area contributed by atoms with Gasteiger partial charge in [0.2, 0.25) is 11.8 Å². The first-order chi connectivity index (χ1) is 11.6. The van der Waals surface area contributed by atoms with Crippen molar-refractivity contribution in [3.05, 3.63) is 11.1 Å². The van der Waals surface area contributed by atoms with E-state index in [1.54, 1.807) is 12.0 Å². The highest BCUT2D eigenvalue weighted by molar-refractivity contribution is 7.13. The molecule has 0 fully saturated rings. The standard InChI is InChI=1S/C17H29N3O3S/c1-4-5-6-7-9-16(22)20(10-8-11-23-3)12-15(21)19-17-18-14(2)13-24-17/h13H,4-12H2,1-3H3,(H,18,19,21). The number of aryl methyl sites for hydroxylation is 1. The Kier molecular flexibility index (Phi) is 10.3. The van der Waals surface area contributed by atoms with Crippen molar-refractivity contribution in [3.63, 3.8) is 0 Å². The van der Waals surface area contributed by atoms with Crippen LogP contribution in [0.1, 0.15) is 51.1 Å². The molecule has 0 bridgehead atoms. The monoisotopic (exact) mass is 355 g/mol. The van der Waals surface area contributed by atoms with Gasteiger partial charge in [-0.3, -0.25) is 9.59 Å². The largest absolute Gasteiger partial charge is 0.385 e. The lowest BCUT2D eigenvalue weighted by Crippen LogP contribution is -2.38. The molecule has 1 aromatic heterocycles. The second kappa shape index (κ2) is 12.0. The maximum atomic E-state index is 12.4. The predicted molar refractivity (Wildman–Crippen MR) is 97.3 cm³/mol. The fourth-order valence-electron chi connectivity index (χ4n) is 2.30. The molecule has 0 unspecified atom stereocenters. The number of anilines is 1. The van der Waals surface area contributed by atoms with Crippen molar-refractivity contribution in [1.29, 1.82) is 0 Å². The van der Waals surface area contributed by atoms with E-state index in [4.69, 9.17) is 4.74 Å². The Labute approximate surface area is 148 Å². The minimum absolute atomic E-state index is 0.0349. The van der Waals surface area contributed by atoms with E-state index in [0.717, 1.165) is 37.8 Å². The Morgan fingerprint density at radius 3 is 2.71 bits per heavy atom. The Hall–Kier alpha value is -1.47. The minimum atomic E-state index is -0.205. The molecule has 0 aliphatic heterocycles. The van der Waals surface area contributed by atoms with Gasteiger partial charge in [0.25, 0.3) is 0 Å². The summed E-state index contributed by atoms with van der Waals surface area (Å²) in [6.07, 6.45) is 5.43. The molecular weight excluding hydrogens is 326 g/mol. The van der Waals surface area contributed by atoms with Crippen LogP contribution in [0.5, 0.6) is 0 Å². The number of unbranched alkanes of at least 4 members (excludes halogenated alkanes) is 3. The summed E-state index contributed by atoms with van der Waals surface area (Å²) in [5.74, 6) is -0.170. The van der Waals surface area contributed by atoms with E-state index in [9.17, 15) is 9.59 Å². The predicted octanol–water partition coefficient (Wildman–Crippen LogP) is 3.23. The van der Waals surface area contributed by atoms with E-state index in [2.05, 4.69) is 17.2 Å². The van der Waals surface area contributed by atoms with Crippen molar-refractivity contribution >= 4 is 28.3 Å². The summed E-state index contributed by atoms with van der Waals surface area (Å²) in [6.45, 7) is 5.19. The van der Waals surface area contributed by atoms with Gasteiger partial charge < -0.3 is 15.0 Å². The second-order valence-corrected chi connectivity index (χ2v) is 6.67. The van der Waals surface area contributed by atoms with Gasteiger partial charge in [-0.05, 0) is 19.8 Å². The summed E-state index contributed by atoms with van der Waals surface area (Å²) in [7, 11) is 1.63. The summed E-state index contributed by atoms with van der Waals surface area (Å²) in [5, 5.41) is 5.21. The second-order valence-electron chi connectivity index (χ2n) is 5.81. The van der Waals surface area contributed by atoms with Crippen molar-refractivity contribution in [2.45, 2.75) is 52.4 Å². The zero-order chi connectivity index (χ0) is 17.8. The Morgan fingerprint density at radius 2 is 2.08 bits per heavy atom. The van der Waals surface area contributed by atoms with Crippen molar-refractivity contribution in [3.8, 4) is 0 Å². The van der Waals surface area contributed by atoms with Crippen LogP contribution in [0.3, 0.4) is 0 Å². The van der Waals surface area contributed by atoms with Crippen LogP contribution in [0, 0.1) is 6.92 Å². The molecule has 0 saturated carbocycles. The molecule has 0 saturated heterocycles. The van der Waals surface area contributed by atoms with Crippen LogP contribution in [-0.2, 0) is 14.3 Å². The van der Waals surface area contributed by atoms with Crippen molar-refractivity contribution in [2.24, 2.45) is 0 Å². The third-order valence-corrected chi connectivity index (χ3v) is 4.45. The average Bonchev–Trinajstić information content (AvgIpc) is 2.95. The summed E-state index contributed by atoms with van der Waals surface area (Å²) < 4.78 is 5.04. The molecule has 1 heterocycles. The first-order valence-corrected chi connectivity index (χ1v) is 9.43. The molecule has 2 amide bonds. The molecule has 0 radical (unpaired) electrons. The number of aromatic nitrogens is 1. The number of methoxy groups -OCH3 is 1. The number of nitrogens with zero attached hydrogens (tertiary/aromatic N) is 2. The maximum absolute atomic E-state index is 12.4. The topological polar surface area (TPSA) is 71.5 Å². The smallest absolute Gasteiger partial charge is 0.245 e. The summed E-state index contributed by atoms with van der Waals surface area (Å²) in [6, 6.07) is 0. The molecular formula is C17H29N3O3S. The number of nitrogens with one attached hydrogen (secondary N) is 1. The fraction of sp³-hybridized carbons (Fsp3) is 0.706. The van der Waals surface area contributed by atoms with Gasteiger partial charge in [-0.15, -0.1) is 11.3 Å². The Bertz CT molecular complexity index is 505. The first-order valence-electron chi connectivity index (χ1n) is 8.55. The maximum Gasteiger partial charge on any atom is 0.245 e. The van der Waals surface area contributed by atoms with E-state index < -0.39 is 0 Å². The third kappa shape index (κ3) is 8.40. The molecule has 136 valence electrons. The van der Waals surface area contributed by atoms with Gasteiger partial charge in [0.1, 0.15) is 0 Å². The Balaban J connectivity index is 2.49. The number of amides is 2. The summed E-state index contributed by atoms with van der Waals surface area (Å²) in [4.78, 5) is 30.4. The van der Waals surface area contributed by atoms with E-state index >= 15 is 0 Å². The fourth-order valence-corrected chi connectivity index (χ4v) is 3.00. The van der Waals surface area contributed by atoms with E-state index in [0.29, 0.717) is 24.7 Å². The van der Waals surface area contributed by atoms with E-state index in [-0.39, 0.29) is 18.4 Å². The average molecular weight is 356 g/mol. The molecule has 1 aromatic rings. The molecule has 1 rings (SSSR count). The van der Waals surface area contributed by atoms with Crippen LogP contribution in [0.4, 0.5) is 5.13 Å². The number of carbonyl (C=O) groups excluding carboxylic acids is 2. The normalized spacial score (nSPS) is 10.6. The van der Waals surface area contributed by atoms with Crippen molar-refractivity contribution in [2.75, 3.05) is 32.1 Å². The van der Waals surface area contributed by atoms with Gasteiger partial charge in [-0.2, -0.15) is 0 Å². The van der Waals surface area contributed by atoms with Gasteiger partial charge in [-0.1, -0.05) is 26.2 Å². The minimum Gasteiger partial charge on any atom is -0.385 e. The van der Waals surface area contributed by atoms with Gasteiger partial charge in [0.15, 0.2) is 5.13 Å². The van der Waals surface area contributed by atoms with Gasteiger partial charge in [0.05, 0.1) is 12.2 Å². The van der Waals surface area contributed by atoms with Crippen LogP contribution in [-0.4, -0.2) is 48.5 Å². The Morgan fingerprint density at radius 1 is 1.29 bits per heavy atom. The number of thiazole rings is 1. The van der Waals surface area contributed by atoms with E-state index in [1.807, 2.05) is 12.3 Å². The molecule has 0 aliphatic rings. The highest BCUT2D eigenvalue weighted by Crippen LogP contribution is 2.14. The molecule has 0 atom stereocenters. The lowest BCUT2D eigenvalue weighted by molar-refractivity contribution is -0.135. The van der Waals surface area contributed by atoms with Crippen LogP contribution in [0.25, 0.3) is 0 Å². The molecule has 0 spiro atoms. The molecule has 0 aromatic carbocycles. The zero-order valence-corrected chi connectivity index (χ0v) is 15.8. The van der Waals surface area contributed by atoms with E-state index in [1.165, 1.54) is 11.3 Å². The van der Waals surface area contributed by atoms with Crippen molar-refractivity contribution < 1.29 is 14.3 Å². The van der Waals surface area contributed by atoms with Gasteiger partial charge >= 0.3 is 0 Å². The molecule has 1 N–H and O–H groups in total. The lowest BCUT2D eigenvalue weighted by atomic mass is 10.1. The number of ether oxygens (including phenoxy) is 1. The number of hydrogen-bond donors (Lipinski definition) is 1. The highest BCUT2D eigenvalue weighted by Gasteiger charge is 2.17. The number of rotatable bonds is 12. The number of hydrogen-bond acceptors (Lipinski definition) is 5. The number of carbonyl (C=O) groups is 2. The molecule has 0 aliphatic carbocycles. The van der Waals surface area contributed by atoms with Crippen LogP contribution in [0.15, 0.2) is 5.38 Å². The van der Waals surface area contributed by atoms with Crippen molar-refractivity contribution in [1.82, 2.24) is 9.88 Å². The summed E-state index contributed by atoms with van der Waals surface area (Å²) in [5.41, 5.74) is 0.874. The molecule has 6 nitrogen and oxygen atoms in total. The van der Waals surface area contributed by atoms with Crippen LogP contribution < -0.4 is 5.32 Å². The lowest BCUT2D eigenvalue weighted by Gasteiger charge is -2.22. The first kappa shape index (κ1) is 20.6. The highest BCUT2D eigenvalue weighted by atomic mass is 32.1. The van der Waals surface area contributed by atoms with Crippen LogP contribution >= 0.6 is 11.3 Å². The summed E-state index contributed by atoms with van der Waals surface area (Å²) >= 11 is 1.39. The SMILES string of the molecule is CCCCCCC(=O)N(CCCOC)CC(=O)Nc1nc(C)cs1. The zero-order valence-electron chi connectivity index (χ0n) is 15.0. The molecule has 24 heavy (non-hydrogen) atoms.